The van der Waals surface area contributed by atoms with Gasteiger partial charge in [0.1, 0.15) is 0 Å². The Morgan fingerprint density at radius 1 is 0.714 bits per heavy atom. The van der Waals surface area contributed by atoms with Gasteiger partial charge in [0.05, 0.1) is 0 Å². The number of hydrogen-bond acceptors (Lipinski definition) is 0. The van der Waals surface area contributed by atoms with Gasteiger partial charge in [0.15, 0.2) is 0 Å². The molecule has 1 heteroatoms. The van der Waals surface area contributed by atoms with Crippen molar-refractivity contribution in [1.29, 1.82) is 0 Å². The Hall–Kier alpha value is -0.350. The van der Waals surface area contributed by atoms with Gasteiger partial charge >= 0.3 is 0 Å². The van der Waals surface area contributed by atoms with E-state index in [0.29, 0.717) is 0 Å². The van der Waals surface area contributed by atoms with Crippen LogP contribution in [0.15, 0.2) is 12.1 Å². The highest BCUT2D eigenvalue weighted by Gasteiger charge is 2.14. The van der Waals surface area contributed by atoms with Crippen LogP contribution >= 0.6 is 8.58 Å². The summed E-state index contributed by atoms with van der Waals surface area (Å²) in [4.78, 5) is 0. The van der Waals surface area contributed by atoms with Gasteiger partial charge in [0, 0.05) is 0 Å². The minimum Gasteiger partial charge on any atom is -0.0557 e. The van der Waals surface area contributed by atoms with E-state index in [2.05, 4.69) is 32.9 Å². The molecule has 0 saturated heterocycles. The van der Waals surface area contributed by atoms with Gasteiger partial charge in [0.25, 0.3) is 0 Å². The maximum absolute atomic E-state index is 2.36. The molecule has 21 heavy (non-hydrogen) atoms. The molecule has 0 heterocycles. The van der Waals surface area contributed by atoms with E-state index < -0.39 is 0 Å². The van der Waals surface area contributed by atoms with Gasteiger partial charge in [0.2, 0.25) is 0 Å². The fraction of sp³-hybridized carbons (Fsp3) is 0.700. The fourth-order valence-corrected chi connectivity index (χ4v) is 5.18. The summed E-state index contributed by atoms with van der Waals surface area (Å²) in [5.41, 5.74) is 5.31. The van der Waals surface area contributed by atoms with Gasteiger partial charge in [-0.15, -0.1) is 0 Å². The highest BCUT2D eigenvalue weighted by Crippen LogP contribution is 2.32. The molecule has 0 aliphatic heterocycles. The zero-order valence-corrected chi connectivity index (χ0v) is 15.1. The summed E-state index contributed by atoms with van der Waals surface area (Å²) in [7, 11) is 1.60. The summed E-state index contributed by atoms with van der Waals surface area (Å²) < 4.78 is 0. The molecule has 2 rings (SSSR count). The molecule has 117 valence electrons. The van der Waals surface area contributed by atoms with E-state index in [1.54, 1.807) is 13.9 Å². The lowest BCUT2D eigenvalue weighted by Gasteiger charge is -2.19. The second kappa shape index (κ2) is 8.94. The smallest absolute Gasteiger partial charge is 0.0127 e. The molecule has 0 unspecified atom stereocenters. The maximum atomic E-state index is 2.36. The zero-order valence-electron chi connectivity index (χ0n) is 14.3. The summed E-state index contributed by atoms with van der Waals surface area (Å²) in [6.07, 6.45) is 14.6. The van der Waals surface area contributed by atoms with Crippen molar-refractivity contribution in [2.24, 2.45) is 0 Å². The summed E-state index contributed by atoms with van der Waals surface area (Å²) in [5, 5.41) is 1.61. The lowest BCUT2D eigenvalue weighted by Crippen LogP contribution is -2.13. The average Bonchev–Trinajstić information content (AvgIpc) is 2.48. The second-order valence-corrected chi connectivity index (χ2v) is 8.37. The van der Waals surface area contributed by atoms with Crippen molar-refractivity contribution in [3.8, 4) is 0 Å². The predicted molar refractivity (Wildman–Crippen MR) is 97.2 cm³/mol. The standard InChI is InChI=1S/C20H32P/c1-16-14-17(2)20(18(3)15-16)21-19-12-10-8-6-4-5-7-9-11-13-19/h14-15,19H,4-13H2,1-3H3. The van der Waals surface area contributed by atoms with Crippen molar-refractivity contribution in [3.05, 3.63) is 28.8 Å². The first kappa shape index (κ1) is 17.0. The van der Waals surface area contributed by atoms with E-state index >= 15 is 0 Å². The minimum atomic E-state index is 0.892. The third-order valence-electron chi connectivity index (χ3n) is 4.77. The van der Waals surface area contributed by atoms with Crippen LogP contribution in [-0.2, 0) is 0 Å². The molecule has 1 aliphatic carbocycles. The topological polar surface area (TPSA) is 0 Å². The minimum absolute atomic E-state index is 0.892. The normalized spacial score (nSPS) is 19.8. The van der Waals surface area contributed by atoms with E-state index in [1.165, 1.54) is 80.9 Å². The summed E-state index contributed by atoms with van der Waals surface area (Å²) in [6, 6.07) is 4.72. The van der Waals surface area contributed by atoms with Crippen molar-refractivity contribution in [3.63, 3.8) is 0 Å². The Labute approximate surface area is 133 Å². The first-order chi connectivity index (χ1) is 10.2. The molecule has 1 aliphatic rings. The van der Waals surface area contributed by atoms with Gasteiger partial charge in [-0.25, -0.2) is 0 Å². The van der Waals surface area contributed by atoms with E-state index in [0.717, 1.165) is 5.66 Å². The molecule has 0 atom stereocenters. The number of hydrogen-bond donors (Lipinski definition) is 0. The lowest BCUT2D eigenvalue weighted by atomic mass is 10.1. The van der Waals surface area contributed by atoms with Crippen LogP contribution in [0.1, 0.15) is 80.9 Å². The van der Waals surface area contributed by atoms with Crippen LogP contribution in [0.3, 0.4) is 0 Å². The average molecular weight is 303 g/mol. The van der Waals surface area contributed by atoms with Crippen LogP contribution in [0.25, 0.3) is 0 Å². The monoisotopic (exact) mass is 303 g/mol. The largest absolute Gasteiger partial charge is 0.0557 e. The van der Waals surface area contributed by atoms with Crippen molar-refractivity contribution in [2.45, 2.75) is 90.6 Å². The number of benzene rings is 1. The van der Waals surface area contributed by atoms with Gasteiger partial charge in [-0.3, -0.25) is 0 Å². The predicted octanol–water partition coefficient (Wildman–Crippen LogP) is 6.47. The van der Waals surface area contributed by atoms with E-state index in [9.17, 15) is 0 Å². The second-order valence-electron chi connectivity index (χ2n) is 6.94. The molecule has 0 spiro atoms. The third kappa shape index (κ3) is 5.74. The summed E-state index contributed by atoms with van der Waals surface area (Å²) in [6.45, 7) is 6.81. The number of rotatable bonds is 2. The molecule has 1 fully saturated rings. The maximum Gasteiger partial charge on any atom is -0.0127 e. The Kier molecular flexibility index (Phi) is 7.24. The molecule has 0 nitrogen and oxygen atoms in total. The Bertz CT molecular complexity index is 400. The Morgan fingerprint density at radius 3 is 1.62 bits per heavy atom. The van der Waals surface area contributed by atoms with Crippen molar-refractivity contribution < 1.29 is 0 Å². The molecule has 1 saturated carbocycles. The fourth-order valence-electron chi connectivity index (χ4n) is 3.65. The zero-order chi connectivity index (χ0) is 15.1. The third-order valence-corrected chi connectivity index (χ3v) is 6.62. The van der Waals surface area contributed by atoms with Crippen LogP contribution in [-0.4, -0.2) is 5.66 Å². The van der Waals surface area contributed by atoms with Crippen molar-refractivity contribution in [1.82, 2.24) is 0 Å². The molecule has 0 amide bonds. The highest BCUT2D eigenvalue weighted by molar-refractivity contribution is 7.48. The van der Waals surface area contributed by atoms with E-state index in [1.807, 2.05) is 0 Å². The Morgan fingerprint density at radius 2 is 1.14 bits per heavy atom. The van der Waals surface area contributed by atoms with Crippen LogP contribution in [0.4, 0.5) is 0 Å². The number of aryl methyl sites for hydroxylation is 3. The van der Waals surface area contributed by atoms with Crippen LogP contribution in [0, 0.1) is 20.8 Å². The van der Waals surface area contributed by atoms with Crippen molar-refractivity contribution in [2.75, 3.05) is 0 Å². The van der Waals surface area contributed by atoms with Crippen molar-refractivity contribution >= 4 is 13.9 Å². The molecule has 1 aromatic carbocycles. The van der Waals surface area contributed by atoms with Crippen LogP contribution < -0.4 is 5.30 Å². The lowest BCUT2D eigenvalue weighted by molar-refractivity contribution is 0.585. The van der Waals surface area contributed by atoms with E-state index in [-0.39, 0.29) is 0 Å². The highest BCUT2D eigenvalue weighted by atomic mass is 31.1. The summed E-state index contributed by atoms with van der Waals surface area (Å²) >= 11 is 0. The van der Waals surface area contributed by atoms with E-state index in [4.69, 9.17) is 0 Å². The quantitative estimate of drug-likeness (QED) is 0.549. The molecular weight excluding hydrogens is 271 g/mol. The first-order valence-corrected chi connectivity index (χ1v) is 9.92. The van der Waals surface area contributed by atoms with Crippen LogP contribution in [0.2, 0.25) is 0 Å². The first-order valence-electron chi connectivity index (χ1n) is 8.95. The summed E-state index contributed by atoms with van der Waals surface area (Å²) in [5.74, 6) is 0. The van der Waals surface area contributed by atoms with Gasteiger partial charge in [-0.2, -0.15) is 0 Å². The molecule has 0 bridgehead atoms. The van der Waals surface area contributed by atoms with Crippen LogP contribution in [0.5, 0.6) is 0 Å². The Balaban J connectivity index is 2.01. The van der Waals surface area contributed by atoms with Gasteiger partial charge in [-0.05, 0) is 64.3 Å². The molecule has 1 aromatic rings. The van der Waals surface area contributed by atoms with Gasteiger partial charge < -0.3 is 0 Å². The van der Waals surface area contributed by atoms with Gasteiger partial charge in [-0.1, -0.05) is 69.1 Å². The molecular formula is C20H32P. The SMILES string of the molecule is Cc1cc(C)c([P]C2CCCCCCCCCC2)c(C)c1. The molecule has 1 radical (unpaired) electrons. The molecule has 0 N–H and O–H groups in total. The molecule has 0 aromatic heterocycles.